The maximum atomic E-state index is 11.1. The summed E-state index contributed by atoms with van der Waals surface area (Å²) in [6, 6.07) is 1.61. The van der Waals surface area contributed by atoms with Gasteiger partial charge in [0, 0.05) is 13.3 Å². The van der Waals surface area contributed by atoms with Crippen LogP contribution in [0.15, 0.2) is 12.3 Å². The molecule has 0 N–H and O–H groups in total. The molecule has 0 saturated carbocycles. The van der Waals surface area contributed by atoms with Crippen molar-refractivity contribution in [2.24, 2.45) is 0 Å². The second-order valence-electron chi connectivity index (χ2n) is 2.42. The van der Waals surface area contributed by atoms with Gasteiger partial charge in [-0.25, -0.2) is 4.79 Å². The van der Waals surface area contributed by atoms with Gasteiger partial charge in [0.15, 0.2) is 0 Å². The highest BCUT2D eigenvalue weighted by Gasteiger charge is 2.10. The molecule has 1 aromatic heterocycles. The molecule has 0 aliphatic carbocycles. The summed E-state index contributed by atoms with van der Waals surface area (Å²) in [5.74, 6) is -0.381. The molecule has 0 aliphatic heterocycles. The topological polar surface area (TPSA) is 53.4 Å². The van der Waals surface area contributed by atoms with Crippen LogP contribution in [0.4, 0.5) is 0 Å². The van der Waals surface area contributed by atoms with Gasteiger partial charge in [0.25, 0.3) is 0 Å². The van der Waals surface area contributed by atoms with Crippen LogP contribution in [-0.2, 0) is 16.0 Å². The molecule has 0 radical (unpaired) electrons. The van der Waals surface area contributed by atoms with Gasteiger partial charge in [-0.15, -0.1) is 0 Å². The molecule has 0 aromatic carbocycles. The molecule has 1 rings (SSSR count). The third-order valence-electron chi connectivity index (χ3n) is 1.62. The Labute approximate surface area is 76.3 Å². The summed E-state index contributed by atoms with van der Waals surface area (Å²) in [7, 11) is 2.94. The fourth-order valence-corrected chi connectivity index (χ4v) is 0.967. The number of esters is 1. The van der Waals surface area contributed by atoms with E-state index < -0.39 is 0 Å². The fourth-order valence-electron chi connectivity index (χ4n) is 0.967. The second-order valence-corrected chi connectivity index (χ2v) is 2.42. The number of hydrogen-bond donors (Lipinski definition) is 0. The smallest absolute Gasteiger partial charge is 0.356 e. The Morgan fingerprint density at radius 2 is 2.38 bits per heavy atom. The summed E-state index contributed by atoms with van der Waals surface area (Å²) in [5.41, 5.74) is 0.444. The Bertz CT molecular complexity index is 283. The minimum Gasteiger partial charge on any atom is -0.464 e. The molecular formula is C8H12N2O3. The number of ether oxygens (including phenoxy) is 2. The Hall–Kier alpha value is -1.36. The molecule has 0 amide bonds. The number of carbonyl (C=O) groups is 1. The van der Waals surface area contributed by atoms with Gasteiger partial charge < -0.3 is 9.47 Å². The van der Waals surface area contributed by atoms with Gasteiger partial charge >= 0.3 is 5.97 Å². The Morgan fingerprint density at radius 1 is 1.62 bits per heavy atom. The first-order valence-electron chi connectivity index (χ1n) is 3.88. The normalized spacial score (nSPS) is 10.0. The van der Waals surface area contributed by atoms with Crippen LogP contribution in [-0.4, -0.2) is 36.6 Å². The summed E-state index contributed by atoms with van der Waals surface area (Å²) in [5, 5.41) is 3.96. The predicted octanol–water partition coefficient (Wildman–Crippen LogP) is 0.316. The van der Waals surface area contributed by atoms with E-state index in [2.05, 4.69) is 9.84 Å². The van der Waals surface area contributed by atoms with Crippen molar-refractivity contribution >= 4 is 5.97 Å². The van der Waals surface area contributed by atoms with E-state index in [0.29, 0.717) is 18.8 Å². The first kappa shape index (κ1) is 9.73. The molecule has 0 atom stereocenters. The molecule has 72 valence electrons. The Kier molecular flexibility index (Phi) is 3.45. The van der Waals surface area contributed by atoms with Crippen molar-refractivity contribution in [3.05, 3.63) is 18.0 Å². The van der Waals surface area contributed by atoms with Crippen molar-refractivity contribution < 1.29 is 14.3 Å². The lowest BCUT2D eigenvalue weighted by Crippen LogP contribution is -2.14. The lowest BCUT2D eigenvalue weighted by molar-refractivity contribution is 0.0583. The number of methoxy groups -OCH3 is 2. The van der Waals surface area contributed by atoms with E-state index >= 15 is 0 Å². The predicted molar refractivity (Wildman–Crippen MR) is 45.4 cm³/mol. The Morgan fingerprint density at radius 3 is 3.00 bits per heavy atom. The lowest BCUT2D eigenvalue weighted by atomic mass is 10.4. The molecule has 0 aliphatic rings. The highest BCUT2D eigenvalue weighted by Crippen LogP contribution is 2.00. The molecule has 0 bridgehead atoms. The van der Waals surface area contributed by atoms with Gasteiger partial charge in [-0.1, -0.05) is 0 Å². The van der Waals surface area contributed by atoms with Crippen LogP contribution in [0.25, 0.3) is 0 Å². The number of hydrogen-bond acceptors (Lipinski definition) is 4. The molecule has 0 unspecified atom stereocenters. The highest BCUT2D eigenvalue weighted by atomic mass is 16.5. The quantitative estimate of drug-likeness (QED) is 0.632. The van der Waals surface area contributed by atoms with Gasteiger partial charge in [-0.05, 0) is 6.07 Å². The van der Waals surface area contributed by atoms with Gasteiger partial charge in [-0.2, -0.15) is 5.10 Å². The van der Waals surface area contributed by atoms with Crippen molar-refractivity contribution in [2.45, 2.75) is 6.54 Å². The van der Waals surface area contributed by atoms with Gasteiger partial charge in [0.1, 0.15) is 5.69 Å². The van der Waals surface area contributed by atoms with Crippen LogP contribution < -0.4 is 0 Å². The molecule has 13 heavy (non-hydrogen) atoms. The zero-order chi connectivity index (χ0) is 9.68. The molecule has 1 aromatic rings. The maximum Gasteiger partial charge on any atom is 0.356 e. The molecule has 0 fully saturated rings. The largest absolute Gasteiger partial charge is 0.464 e. The van der Waals surface area contributed by atoms with Crippen molar-refractivity contribution in [3.8, 4) is 0 Å². The highest BCUT2D eigenvalue weighted by molar-refractivity contribution is 5.87. The van der Waals surface area contributed by atoms with Crippen molar-refractivity contribution in [1.29, 1.82) is 0 Å². The van der Waals surface area contributed by atoms with Crippen LogP contribution in [0.2, 0.25) is 0 Å². The van der Waals surface area contributed by atoms with Crippen LogP contribution in [0.5, 0.6) is 0 Å². The minimum atomic E-state index is -0.381. The molecular weight excluding hydrogens is 172 g/mol. The summed E-state index contributed by atoms with van der Waals surface area (Å²) in [6.07, 6.45) is 1.56. The molecule has 5 heteroatoms. The summed E-state index contributed by atoms with van der Waals surface area (Å²) < 4.78 is 11.0. The number of rotatable bonds is 4. The maximum absolute atomic E-state index is 11.1. The van der Waals surface area contributed by atoms with E-state index in [9.17, 15) is 4.79 Å². The Balaban J connectivity index is 2.71. The van der Waals surface area contributed by atoms with E-state index in [1.54, 1.807) is 24.1 Å². The third kappa shape index (κ3) is 2.29. The number of carbonyl (C=O) groups excluding carboxylic acids is 1. The second kappa shape index (κ2) is 4.61. The average Bonchev–Trinajstić information content (AvgIpc) is 2.61. The summed E-state index contributed by atoms with van der Waals surface area (Å²) in [6.45, 7) is 1.07. The van der Waals surface area contributed by atoms with Crippen LogP contribution in [0.3, 0.4) is 0 Å². The SMILES string of the molecule is COCCn1nccc1C(=O)OC. The van der Waals surface area contributed by atoms with Crippen molar-refractivity contribution in [1.82, 2.24) is 9.78 Å². The van der Waals surface area contributed by atoms with Crippen molar-refractivity contribution in [3.63, 3.8) is 0 Å². The lowest BCUT2D eigenvalue weighted by Gasteiger charge is -2.04. The van der Waals surface area contributed by atoms with Gasteiger partial charge in [0.05, 0.1) is 20.3 Å². The van der Waals surface area contributed by atoms with Crippen LogP contribution in [0.1, 0.15) is 10.5 Å². The zero-order valence-electron chi connectivity index (χ0n) is 7.69. The standard InChI is InChI=1S/C8H12N2O3/c1-12-6-5-10-7(3-4-9-10)8(11)13-2/h3-4H,5-6H2,1-2H3. The van der Waals surface area contributed by atoms with Gasteiger partial charge in [-0.3, -0.25) is 4.68 Å². The number of aromatic nitrogens is 2. The van der Waals surface area contributed by atoms with E-state index in [0.717, 1.165) is 0 Å². The molecule has 0 spiro atoms. The first-order valence-corrected chi connectivity index (χ1v) is 3.88. The summed E-state index contributed by atoms with van der Waals surface area (Å²) in [4.78, 5) is 11.1. The molecule has 0 saturated heterocycles. The first-order chi connectivity index (χ1) is 6.29. The monoisotopic (exact) mass is 184 g/mol. The van der Waals surface area contributed by atoms with E-state index in [4.69, 9.17) is 4.74 Å². The van der Waals surface area contributed by atoms with Crippen molar-refractivity contribution in [2.75, 3.05) is 20.8 Å². The fraction of sp³-hybridized carbons (Fsp3) is 0.500. The van der Waals surface area contributed by atoms with Gasteiger partial charge in [0.2, 0.25) is 0 Å². The summed E-state index contributed by atoms with van der Waals surface area (Å²) >= 11 is 0. The van der Waals surface area contributed by atoms with E-state index in [-0.39, 0.29) is 5.97 Å². The minimum absolute atomic E-state index is 0.381. The molecule has 5 nitrogen and oxygen atoms in total. The number of nitrogens with zero attached hydrogens (tertiary/aromatic N) is 2. The van der Waals surface area contributed by atoms with Crippen LogP contribution in [0, 0.1) is 0 Å². The van der Waals surface area contributed by atoms with E-state index in [1.807, 2.05) is 0 Å². The third-order valence-corrected chi connectivity index (χ3v) is 1.62. The molecule has 1 heterocycles. The van der Waals surface area contributed by atoms with Crippen LogP contribution >= 0.6 is 0 Å². The zero-order valence-corrected chi connectivity index (χ0v) is 7.69. The average molecular weight is 184 g/mol. The van der Waals surface area contributed by atoms with E-state index in [1.165, 1.54) is 7.11 Å².